The van der Waals surface area contributed by atoms with E-state index in [-0.39, 0.29) is 11.4 Å². The number of thioether (sulfide) groups is 1. The van der Waals surface area contributed by atoms with E-state index >= 15 is 0 Å². The summed E-state index contributed by atoms with van der Waals surface area (Å²) >= 11 is 1.59. The van der Waals surface area contributed by atoms with Gasteiger partial charge in [0.05, 0.1) is 5.54 Å². The number of tetrazole rings is 1. The molecule has 118 valence electrons. The predicted octanol–water partition coefficient (Wildman–Crippen LogP) is 2.42. The van der Waals surface area contributed by atoms with Gasteiger partial charge >= 0.3 is 0 Å². The number of carbonyl (C=O) groups excluding carboxylic acids is 1. The highest BCUT2D eigenvalue weighted by molar-refractivity contribution is 7.98. The van der Waals surface area contributed by atoms with Gasteiger partial charge in [-0.05, 0) is 48.9 Å². The maximum absolute atomic E-state index is 11.8. The molecule has 0 spiro atoms. The van der Waals surface area contributed by atoms with Gasteiger partial charge in [0.1, 0.15) is 0 Å². The molecule has 1 aromatic heterocycles. The predicted molar refractivity (Wildman–Crippen MR) is 86.8 cm³/mol. The molecule has 0 fully saturated rings. The Labute approximate surface area is 134 Å². The number of nitrogens with zero attached hydrogens (tertiary/aromatic N) is 5. The van der Waals surface area contributed by atoms with Crippen molar-refractivity contribution in [1.29, 1.82) is 0 Å². The van der Waals surface area contributed by atoms with E-state index < -0.39 is 0 Å². The molecule has 2 aromatic rings. The van der Waals surface area contributed by atoms with Crippen molar-refractivity contribution in [2.75, 3.05) is 14.1 Å². The average molecular weight is 319 g/mol. The first kappa shape index (κ1) is 16.5. The van der Waals surface area contributed by atoms with Gasteiger partial charge in [-0.1, -0.05) is 23.9 Å². The first-order chi connectivity index (χ1) is 10.3. The highest BCUT2D eigenvalue weighted by Gasteiger charge is 2.19. The lowest BCUT2D eigenvalue weighted by molar-refractivity contribution is 0.0827. The summed E-state index contributed by atoms with van der Waals surface area (Å²) in [6, 6.07) is 7.64. The Hall–Kier alpha value is -1.89. The molecule has 22 heavy (non-hydrogen) atoms. The summed E-state index contributed by atoms with van der Waals surface area (Å²) in [5.41, 5.74) is 1.68. The van der Waals surface area contributed by atoms with Crippen molar-refractivity contribution in [2.24, 2.45) is 0 Å². The highest BCUT2D eigenvalue weighted by Crippen LogP contribution is 2.24. The molecule has 2 rings (SSSR count). The van der Waals surface area contributed by atoms with Gasteiger partial charge in [0.15, 0.2) is 0 Å². The van der Waals surface area contributed by atoms with Crippen molar-refractivity contribution in [3.8, 4) is 0 Å². The molecule has 7 heteroatoms. The highest BCUT2D eigenvalue weighted by atomic mass is 32.2. The lowest BCUT2D eigenvalue weighted by atomic mass is 10.1. The Balaban J connectivity index is 2.04. The van der Waals surface area contributed by atoms with Crippen LogP contribution in [0.5, 0.6) is 0 Å². The number of rotatable bonds is 4. The van der Waals surface area contributed by atoms with Gasteiger partial charge in [-0.2, -0.15) is 0 Å². The van der Waals surface area contributed by atoms with Crippen LogP contribution >= 0.6 is 11.8 Å². The molecular formula is C15H21N5OS. The molecule has 0 bridgehead atoms. The first-order valence-corrected chi connectivity index (χ1v) is 8.00. The summed E-state index contributed by atoms with van der Waals surface area (Å²) < 4.78 is 1.82. The Kier molecular flexibility index (Phi) is 4.85. The van der Waals surface area contributed by atoms with Crippen LogP contribution < -0.4 is 0 Å². The standard InChI is InChI=1S/C15H21N5OS/c1-15(2,3)20-14(16-17-18-20)22-10-11-6-8-12(9-7-11)13(21)19(4)5/h6-9H,10H2,1-5H3. The second-order valence-electron chi connectivity index (χ2n) is 6.23. The first-order valence-electron chi connectivity index (χ1n) is 7.01. The molecule has 6 nitrogen and oxygen atoms in total. The summed E-state index contributed by atoms with van der Waals surface area (Å²) in [6.45, 7) is 6.19. The van der Waals surface area contributed by atoms with Crippen molar-refractivity contribution >= 4 is 17.7 Å². The third kappa shape index (κ3) is 3.85. The van der Waals surface area contributed by atoms with Gasteiger partial charge < -0.3 is 4.90 Å². The van der Waals surface area contributed by atoms with Crippen LogP contribution in [0, 0.1) is 0 Å². The third-order valence-corrected chi connectivity index (χ3v) is 4.04. The van der Waals surface area contributed by atoms with E-state index in [4.69, 9.17) is 0 Å². The zero-order valence-corrected chi connectivity index (χ0v) is 14.4. The minimum atomic E-state index is -0.145. The fourth-order valence-electron chi connectivity index (χ4n) is 1.84. The smallest absolute Gasteiger partial charge is 0.253 e. The second kappa shape index (κ2) is 6.48. The van der Waals surface area contributed by atoms with E-state index in [0.29, 0.717) is 5.56 Å². The zero-order valence-electron chi connectivity index (χ0n) is 13.6. The Morgan fingerprint density at radius 2 is 1.86 bits per heavy atom. The summed E-state index contributed by atoms with van der Waals surface area (Å²) in [7, 11) is 3.50. The molecule has 1 heterocycles. The second-order valence-corrected chi connectivity index (χ2v) is 7.17. The van der Waals surface area contributed by atoms with Gasteiger partial charge in [0.2, 0.25) is 5.16 Å². The average Bonchev–Trinajstić information content (AvgIpc) is 2.93. The number of hydrogen-bond acceptors (Lipinski definition) is 5. The SMILES string of the molecule is CN(C)C(=O)c1ccc(CSc2nnnn2C(C)(C)C)cc1. The fourth-order valence-corrected chi connectivity index (χ4v) is 2.85. The van der Waals surface area contributed by atoms with E-state index in [0.717, 1.165) is 16.5 Å². The van der Waals surface area contributed by atoms with Crippen LogP contribution in [-0.2, 0) is 11.3 Å². The summed E-state index contributed by atoms with van der Waals surface area (Å²) in [6.07, 6.45) is 0. The van der Waals surface area contributed by atoms with Crippen LogP contribution in [0.2, 0.25) is 0 Å². The zero-order chi connectivity index (χ0) is 16.3. The normalized spacial score (nSPS) is 11.5. The van der Waals surface area contributed by atoms with Crippen LogP contribution in [0.4, 0.5) is 0 Å². The monoisotopic (exact) mass is 319 g/mol. The molecule has 0 saturated carbocycles. The van der Waals surface area contributed by atoms with Crippen molar-refractivity contribution in [3.63, 3.8) is 0 Å². The van der Waals surface area contributed by atoms with E-state index in [1.165, 1.54) is 0 Å². The molecule has 0 saturated heterocycles. The van der Waals surface area contributed by atoms with E-state index in [2.05, 4.69) is 36.3 Å². The van der Waals surface area contributed by atoms with E-state index in [9.17, 15) is 4.79 Å². The van der Waals surface area contributed by atoms with Gasteiger partial charge in [-0.15, -0.1) is 5.10 Å². The Morgan fingerprint density at radius 1 is 1.23 bits per heavy atom. The van der Waals surface area contributed by atoms with Gasteiger partial charge in [-0.25, -0.2) is 4.68 Å². The van der Waals surface area contributed by atoms with Crippen molar-refractivity contribution in [1.82, 2.24) is 25.1 Å². The third-order valence-electron chi connectivity index (χ3n) is 3.05. The van der Waals surface area contributed by atoms with Crippen LogP contribution in [0.15, 0.2) is 29.4 Å². The molecule has 1 aromatic carbocycles. The molecular weight excluding hydrogens is 298 g/mol. The number of amides is 1. The summed E-state index contributed by atoms with van der Waals surface area (Å²) in [5, 5.41) is 12.7. The van der Waals surface area contributed by atoms with Gasteiger partial charge in [-0.3, -0.25) is 4.79 Å². The molecule has 0 aliphatic carbocycles. The van der Waals surface area contributed by atoms with E-state index in [1.54, 1.807) is 30.8 Å². The largest absolute Gasteiger partial charge is 0.345 e. The number of benzene rings is 1. The molecule has 1 amide bonds. The number of aromatic nitrogens is 4. The number of carbonyl (C=O) groups is 1. The molecule has 0 atom stereocenters. The Bertz CT molecular complexity index is 643. The molecule has 0 radical (unpaired) electrons. The minimum absolute atomic E-state index is 0.0101. The maximum Gasteiger partial charge on any atom is 0.253 e. The van der Waals surface area contributed by atoms with Crippen molar-refractivity contribution in [3.05, 3.63) is 35.4 Å². The van der Waals surface area contributed by atoms with Gasteiger partial charge in [0, 0.05) is 25.4 Å². The summed E-state index contributed by atoms with van der Waals surface area (Å²) in [4.78, 5) is 13.4. The topological polar surface area (TPSA) is 63.9 Å². The number of hydrogen-bond donors (Lipinski definition) is 0. The molecule has 0 aliphatic heterocycles. The van der Waals surface area contributed by atoms with Crippen molar-refractivity contribution < 1.29 is 4.79 Å². The van der Waals surface area contributed by atoms with Gasteiger partial charge in [0.25, 0.3) is 5.91 Å². The fraction of sp³-hybridized carbons (Fsp3) is 0.467. The summed E-state index contributed by atoms with van der Waals surface area (Å²) in [5.74, 6) is 0.767. The molecule has 0 N–H and O–H groups in total. The molecule has 0 aliphatic rings. The Morgan fingerprint density at radius 3 is 2.41 bits per heavy atom. The quantitative estimate of drug-likeness (QED) is 0.810. The maximum atomic E-state index is 11.8. The van der Waals surface area contributed by atoms with Crippen LogP contribution in [0.1, 0.15) is 36.7 Å². The van der Waals surface area contributed by atoms with Crippen LogP contribution in [0.3, 0.4) is 0 Å². The lowest BCUT2D eigenvalue weighted by Gasteiger charge is -2.19. The minimum Gasteiger partial charge on any atom is -0.345 e. The van der Waals surface area contributed by atoms with Crippen LogP contribution in [0.25, 0.3) is 0 Å². The van der Waals surface area contributed by atoms with Crippen LogP contribution in [-0.4, -0.2) is 45.1 Å². The van der Waals surface area contributed by atoms with E-state index in [1.807, 2.05) is 28.9 Å². The molecule has 0 unspecified atom stereocenters. The lowest BCUT2D eigenvalue weighted by Crippen LogP contribution is -2.24. The van der Waals surface area contributed by atoms with Crippen molar-refractivity contribution in [2.45, 2.75) is 37.2 Å².